The number of hydrogen-bond donors (Lipinski definition) is 1. The molecule has 134 valence electrons. The van der Waals surface area contributed by atoms with Gasteiger partial charge in [-0.15, -0.1) is 0 Å². The molecule has 0 saturated heterocycles. The average Bonchev–Trinajstić information content (AvgIpc) is 3.21. The van der Waals surface area contributed by atoms with Crippen molar-refractivity contribution in [2.75, 3.05) is 0 Å². The lowest BCUT2D eigenvalue weighted by molar-refractivity contribution is 0.424. The molecule has 1 aromatic carbocycles. The maximum absolute atomic E-state index is 13.3. The molecule has 3 heterocycles. The van der Waals surface area contributed by atoms with Crippen molar-refractivity contribution in [3.8, 4) is 34.3 Å². The van der Waals surface area contributed by atoms with E-state index < -0.39 is 0 Å². The molecule has 0 radical (unpaired) electrons. The minimum Gasteiger partial charge on any atom is -0.494 e. The summed E-state index contributed by atoms with van der Waals surface area (Å²) in [7, 11) is 1.81. The van der Waals surface area contributed by atoms with Crippen LogP contribution in [0.15, 0.2) is 48.9 Å². The molecule has 7 heteroatoms. The molecule has 3 aromatic heterocycles. The Morgan fingerprint density at radius 1 is 1.15 bits per heavy atom. The lowest BCUT2D eigenvalue weighted by atomic mass is 10.00. The second-order valence-corrected chi connectivity index (χ2v) is 6.24. The zero-order valence-electron chi connectivity index (χ0n) is 14.6. The van der Waals surface area contributed by atoms with Gasteiger partial charge in [-0.1, -0.05) is 0 Å². The van der Waals surface area contributed by atoms with E-state index >= 15 is 0 Å². The molecule has 0 saturated carbocycles. The van der Waals surface area contributed by atoms with Gasteiger partial charge >= 0.3 is 0 Å². The van der Waals surface area contributed by atoms with Crippen LogP contribution in [0.3, 0.4) is 0 Å². The fourth-order valence-electron chi connectivity index (χ4n) is 3.24. The minimum absolute atomic E-state index is 0.0669. The predicted octanol–water partition coefficient (Wildman–Crippen LogP) is 3.86. The maximum atomic E-state index is 13.3. The third-order valence-corrected chi connectivity index (χ3v) is 4.46. The second kappa shape index (κ2) is 6.57. The molecular formula is C20H16FN5O. The predicted molar refractivity (Wildman–Crippen MR) is 99.2 cm³/mol. The Morgan fingerprint density at radius 2 is 1.93 bits per heavy atom. The van der Waals surface area contributed by atoms with Crippen molar-refractivity contribution in [3.63, 3.8) is 0 Å². The third kappa shape index (κ3) is 2.91. The summed E-state index contributed by atoms with van der Waals surface area (Å²) in [6.45, 7) is 0.385. The van der Waals surface area contributed by atoms with Crippen molar-refractivity contribution >= 4 is 10.9 Å². The van der Waals surface area contributed by atoms with Gasteiger partial charge in [-0.25, -0.2) is 4.39 Å². The van der Waals surface area contributed by atoms with Crippen molar-refractivity contribution in [1.29, 1.82) is 5.26 Å². The molecule has 0 unspecified atom stereocenters. The first-order chi connectivity index (χ1) is 13.1. The highest BCUT2D eigenvalue weighted by Crippen LogP contribution is 2.39. The Bertz CT molecular complexity index is 1170. The average molecular weight is 361 g/mol. The first-order valence-electron chi connectivity index (χ1n) is 8.42. The Balaban J connectivity index is 1.92. The minimum atomic E-state index is -0.310. The highest BCUT2D eigenvalue weighted by atomic mass is 19.1. The molecule has 0 spiro atoms. The van der Waals surface area contributed by atoms with Crippen molar-refractivity contribution in [3.05, 3.63) is 54.7 Å². The highest BCUT2D eigenvalue weighted by molar-refractivity contribution is 6.01. The molecule has 0 amide bonds. The molecule has 4 rings (SSSR count). The summed E-state index contributed by atoms with van der Waals surface area (Å²) in [5.74, 6) is -0.244. The van der Waals surface area contributed by atoms with Crippen LogP contribution in [0.25, 0.3) is 33.3 Å². The number of rotatable bonds is 4. The second-order valence-electron chi connectivity index (χ2n) is 6.24. The molecule has 6 nitrogen and oxygen atoms in total. The van der Waals surface area contributed by atoms with E-state index in [1.54, 1.807) is 33.8 Å². The van der Waals surface area contributed by atoms with Gasteiger partial charge in [0.05, 0.1) is 23.4 Å². The van der Waals surface area contributed by atoms with E-state index in [2.05, 4.69) is 16.2 Å². The topological polar surface area (TPSA) is 79.7 Å². The lowest BCUT2D eigenvalue weighted by Crippen LogP contribution is -1.93. The van der Waals surface area contributed by atoms with Gasteiger partial charge in [-0.2, -0.15) is 10.4 Å². The van der Waals surface area contributed by atoms with Gasteiger partial charge in [0, 0.05) is 48.9 Å². The molecule has 0 atom stereocenters. The zero-order chi connectivity index (χ0) is 19.0. The monoisotopic (exact) mass is 361 g/mol. The van der Waals surface area contributed by atoms with Crippen molar-refractivity contribution in [1.82, 2.24) is 19.3 Å². The molecule has 0 aliphatic carbocycles. The van der Waals surface area contributed by atoms with Crippen LogP contribution in [0.4, 0.5) is 4.39 Å². The van der Waals surface area contributed by atoms with Crippen molar-refractivity contribution in [2.24, 2.45) is 7.05 Å². The van der Waals surface area contributed by atoms with Gasteiger partial charge in [0.1, 0.15) is 11.5 Å². The maximum Gasteiger partial charge on any atom is 0.201 e. The van der Waals surface area contributed by atoms with Gasteiger partial charge in [0.15, 0.2) is 0 Å². The number of aromatic hydroxyl groups is 1. The third-order valence-electron chi connectivity index (χ3n) is 4.46. The van der Waals surface area contributed by atoms with Crippen LogP contribution in [0.5, 0.6) is 5.88 Å². The number of aryl methyl sites for hydroxylation is 2. The molecule has 4 aromatic rings. The lowest BCUT2D eigenvalue weighted by Gasteiger charge is -2.06. The van der Waals surface area contributed by atoms with Crippen LogP contribution in [-0.2, 0) is 13.6 Å². The fraction of sp³-hybridized carbons (Fsp3) is 0.150. The number of halogens is 1. The number of hydrogen-bond acceptors (Lipinski definition) is 4. The van der Waals surface area contributed by atoms with E-state index in [1.165, 1.54) is 12.1 Å². The Kier molecular flexibility index (Phi) is 4.09. The van der Waals surface area contributed by atoms with Gasteiger partial charge in [0.25, 0.3) is 0 Å². The number of aromatic nitrogens is 4. The van der Waals surface area contributed by atoms with Crippen LogP contribution >= 0.6 is 0 Å². The van der Waals surface area contributed by atoms with Crippen LogP contribution in [0.2, 0.25) is 0 Å². The van der Waals surface area contributed by atoms with Crippen molar-refractivity contribution in [2.45, 2.75) is 13.0 Å². The van der Waals surface area contributed by atoms with E-state index in [-0.39, 0.29) is 18.1 Å². The van der Waals surface area contributed by atoms with Crippen LogP contribution in [-0.4, -0.2) is 24.4 Å². The Morgan fingerprint density at radius 3 is 2.67 bits per heavy atom. The van der Waals surface area contributed by atoms with Gasteiger partial charge in [-0.05, 0) is 30.3 Å². The Labute approximate surface area is 154 Å². The summed E-state index contributed by atoms with van der Waals surface area (Å²) in [4.78, 5) is 4.34. The first-order valence-corrected chi connectivity index (χ1v) is 8.42. The SMILES string of the molecule is Cn1cc(-c2ccnc3cn(CCC#N)c(O)c23)c(-c2ccc(F)cc2)n1. The van der Waals surface area contributed by atoms with E-state index in [0.29, 0.717) is 23.1 Å². The largest absolute Gasteiger partial charge is 0.494 e. The number of nitrogens with zero attached hydrogens (tertiary/aromatic N) is 5. The normalized spacial score (nSPS) is 11.0. The highest BCUT2D eigenvalue weighted by Gasteiger charge is 2.19. The van der Waals surface area contributed by atoms with E-state index in [1.807, 2.05) is 19.3 Å². The summed E-state index contributed by atoms with van der Waals surface area (Å²) in [5.41, 5.74) is 3.69. The summed E-state index contributed by atoms with van der Waals surface area (Å²) in [5, 5.41) is 24.6. The molecule has 0 aliphatic rings. The quantitative estimate of drug-likeness (QED) is 0.598. The molecule has 0 aliphatic heterocycles. The molecule has 0 bridgehead atoms. The number of fused-ring (bicyclic) bond motifs is 1. The molecule has 1 N–H and O–H groups in total. The van der Waals surface area contributed by atoms with Crippen molar-refractivity contribution < 1.29 is 9.50 Å². The van der Waals surface area contributed by atoms with Crippen LogP contribution in [0.1, 0.15) is 6.42 Å². The fourth-order valence-corrected chi connectivity index (χ4v) is 3.24. The van der Waals surface area contributed by atoms with E-state index in [0.717, 1.165) is 16.7 Å². The van der Waals surface area contributed by atoms with E-state index in [9.17, 15) is 9.50 Å². The zero-order valence-corrected chi connectivity index (χ0v) is 14.6. The smallest absolute Gasteiger partial charge is 0.201 e. The Hall–Kier alpha value is -3.66. The van der Waals surface area contributed by atoms with Crippen LogP contribution < -0.4 is 0 Å². The number of benzene rings is 1. The standard InChI is InChI=1S/C20H16FN5O/c1-25-11-16(19(24-25)13-3-5-14(21)6-4-13)15-7-9-23-17-12-26(10-2-8-22)20(27)18(15)17/h3-7,9,11-12,27H,2,10H2,1H3. The van der Waals surface area contributed by atoms with E-state index in [4.69, 9.17) is 5.26 Å². The van der Waals surface area contributed by atoms with Crippen LogP contribution in [0, 0.1) is 17.1 Å². The van der Waals surface area contributed by atoms with Gasteiger partial charge < -0.3 is 9.67 Å². The van der Waals surface area contributed by atoms with Gasteiger partial charge in [0.2, 0.25) is 5.88 Å². The number of pyridine rings is 1. The summed E-state index contributed by atoms with van der Waals surface area (Å²) in [6, 6.07) is 10.0. The summed E-state index contributed by atoms with van der Waals surface area (Å²) >= 11 is 0. The van der Waals surface area contributed by atoms with Gasteiger partial charge in [-0.3, -0.25) is 9.67 Å². The number of nitriles is 1. The summed E-state index contributed by atoms with van der Waals surface area (Å²) in [6.07, 6.45) is 5.56. The summed E-state index contributed by atoms with van der Waals surface area (Å²) < 4.78 is 16.6. The molecule has 27 heavy (non-hydrogen) atoms. The molecule has 0 fully saturated rings. The first kappa shape index (κ1) is 16.8. The molecular weight excluding hydrogens is 345 g/mol.